The molecule has 0 fully saturated rings. The lowest BCUT2D eigenvalue weighted by atomic mass is 10.2. The molecular formula is C12H14N4O2. The van der Waals surface area contributed by atoms with Crippen molar-refractivity contribution in [3.05, 3.63) is 36.2 Å². The third kappa shape index (κ3) is 2.79. The highest BCUT2D eigenvalue weighted by atomic mass is 16.5. The molecule has 6 nitrogen and oxygen atoms in total. The second-order valence-corrected chi connectivity index (χ2v) is 3.62. The zero-order chi connectivity index (χ0) is 13.0. The van der Waals surface area contributed by atoms with E-state index in [0.29, 0.717) is 29.6 Å². The molecule has 1 aromatic heterocycles. The fraction of sp³-hybridized carbons (Fsp3) is 0.167. The van der Waals surface area contributed by atoms with Gasteiger partial charge in [0.15, 0.2) is 0 Å². The summed E-state index contributed by atoms with van der Waals surface area (Å²) < 4.78 is 5.33. The minimum absolute atomic E-state index is 0.293. The van der Waals surface area contributed by atoms with E-state index in [1.54, 1.807) is 30.6 Å². The van der Waals surface area contributed by atoms with Crippen LogP contribution in [0.1, 0.15) is 17.3 Å². The van der Waals surface area contributed by atoms with Crippen molar-refractivity contribution in [1.29, 1.82) is 0 Å². The third-order valence-electron chi connectivity index (χ3n) is 2.23. The van der Waals surface area contributed by atoms with Crippen LogP contribution in [-0.4, -0.2) is 22.5 Å². The molecule has 0 saturated carbocycles. The lowest BCUT2D eigenvalue weighted by Gasteiger charge is -2.07. The molecule has 2 rings (SSSR count). The van der Waals surface area contributed by atoms with E-state index in [1.165, 1.54) is 0 Å². The molecule has 6 heteroatoms. The summed E-state index contributed by atoms with van der Waals surface area (Å²) in [4.78, 5) is 18.6. The molecule has 18 heavy (non-hydrogen) atoms. The van der Waals surface area contributed by atoms with Crippen LogP contribution in [0.3, 0.4) is 0 Å². The van der Waals surface area contributed by atoms with Crippen molar-refractivity contribution in [1.82, 2.24) is 9.97 Å². The number of nitrogens with zero attached hydrogens (tertiary/aromatic N) is 1. The highest BCUT2D eigenvalue weighted by Gasteiger charge is 2.09. The number of hydrogen-bond donors (Lipinski definition) is 3. The van der Waals surface area contributed by atoms with Crippen LogP contribution in [0, 0.1) is 0 Å². The maximum atomic E-state index is 11.9. The van der Waals surface area contributed by atoms with E-state index >= 15 is 0 Å². The van der Waals surface area contributed by atoms with Crippen LogP contribution in [-0.2, 0) is 0 Å². The maximum Gasteiger partial charge on any atom is 0.258 e. The van der Waals surface area contributed by atoms with Crippen LogP contribution >= 0.6 is 0 Å². The van der Waals surface area contributed by atoms with Crippen molar-refractivity contribution in [2.24, 2.45) is 0 Å². The largest absolute Gasteiger partial charge is 0.494 e. The summed E-state index contributed by atoms with van der Waals surface area (Å²) in [7, 11) is 0. The van der Waals surface area contributed by atoms with Gasteiger partial charge >= 0.3 is 0 Å². The predicted octanol–water partition coefficient (Wildman–Crippen LogP) is 1.64. The second kappa shape index (κ2) is 5.22. The topological polar surface area (TPSA) is 93.0 Å². The van der Waals surface area contributed by atoms with Gasteiger partial charge in [0, 0.05) is 29.7 Å². The predicted molar refractivity (Wildman–Crippen MR) is 68.6 cm³/mol. The van der Waals surface area contributed by atoms with Crippen molar-refractivity contribution in [3.63, 3.8) is 0 Å². The maximum absolute atomic E-state index is 11.9. The summed E-state index contributed by atoms with van der Waals surface area (Å²) in [5.74, 6) is 0.667. The lowest BCUT2D eigenvalue weighted by Crippen LogP contribution is -2.13. The molecular weight excluding hydrogens is 232 g/mol. The van der Waals surface area contributed by atoms with E-state index in [9.17, 15) is 4.79 Å². The number of amides is 1. The number of nitrogens with one attached hydrogen (secondary N) is 2. The minimum atomic E-state index is -0.293. The Morgan fingerprint density at radius 3 is 3.00 bits per heavy atom. The summed E-state index contributed by atoms with van der Waals surface area (Å²) in [6.45, 7) is 2.38. The SMILES string of the molecule is CCOc1cc(N)cc(C(=O)Nc2ncc[nH]2)c1. The van der Waals surface area contributed by atoms with Gasteiger partial charge in [0.2, 0.25) is 5.95 Å². The normalized spacial score (nSPS) is 10.1. The molecule has 4 N–H and O–H groups in total. The molecule has 0 aliphatic heterocycles. The molecule has 2 aromatic rings. The summed E-state index contributed by atoms with van der Waals surface area (Å²) in [6.07, 6.45) is 3.18. The average molecular weight is 246 g/mol. The van der Waals surface area contributed by atoms with E-state index in [0.717, 1.165) is 0 Å². The van der Waals surface area contributed by atoms with Gasteiger partial charge in [-0.25, -0.2) is 4.98 Å². The summed E-state index contributed by atoms with van der Waals surface area (Å²) in [5, 5.41) is 2.62. The van der Waals surface area contributed by atoms with E-state index in [2.05, 4.69) is 15.3 Å². The third-order valence-corrected chi connectivity index (χ3v) is 2.23. The zero-order valence-electron chi connectivity index (χ0n) is 9.93. The number of imidazole rings is 1. The number of carbonyl (C=O) groups is 1. The first-order valence-electron chi connectivity index (χ1n) is 5.53. The number of ether oxygens (including phenoxy) is 1. The Kier molecular flexibility index (Phi) is 3.47. The van der Waals surface area contributed by atoms with Crippen LogP contribution in [0.15, 0.2) is 30.6 Å². The molecule has 0 radical (unpaired) electrons. The van der Waals surface area contributed by atoms with Gasteiger partial charge in [-0.1, -0.05) is 0 Å². The van der Waals surface area contributed by atoms with Crippen molar-refractivity contribution in [2.75, 3.05) is 17.7 Å². The van der Waals surface area contributed by atoms with E-state index in [1.807, 2.05) is 6.92 Å². The molecule has 0 unspecified atom stereocenters. The molecule has 0 aliphatic carbocycles. The molecule has 1 amide bonds. The molecule has 0 aliphatic rings. The number of H-pyrrole nitrogens is 1. The molecule has 94 valence electrons. The number of aromatic nitrogens is 2. The zero-order valence-corrected chi connectivity index (χ0v) is 9.93. The molecule has 0 spiro atoms. The molecule has 0 atom stereocenters. The van der Waals surface area contributed by atoms with Crippen LogP contribution in [0.25, 0.3) is 0 Å². The first-order valence-corrected chi connectivity index (χ1v) is 5.53. The van der Waals surface area contributed by atoms with Gasteiger partial charge in [-0.15, -0.1) is 0 Å². The summed E-state index contributed by atoms with van der Waals surface area (Å²) in [6, 6.07) is 4.89. The van der Waals surface area contributed by atoms with E-state index < -0.39 is 0 Å². The Balaban J connectivity index is 2.19. The fourth-order valence-corrected chi connectivity index (χ4v) is 1.52. The van der Waals surface area contributed by atoms with Crippen LogP contribution in [0.5, 0.6) is 5.75 Å². The highest BCUT2D eigenvalue weighted by molar-refractivity contribution is 6.04. The number of rotatable bonds is 4. The van der Waals surface area contributed by atoms with E-state index in [4.69, 9.17) is 10.5 Å². The molecule has 0 bridgehead atoms. The second-order valence-electron chi connectivity index (χ2n) is 3.62. The number of benzene rings is 1. The van der Waals surface area contributed by atoms with Crippen molar-refractivity contribution in [2.45, 2.75) is 6.92 Å². The summed E-state index contributed by atoms with van der Waals surface area (Å²) >= 11 is 0. The fourth-order valence-electron chi connectivity index (χ4n) is 1.52. The van der Waals surface area contributed by atoms with Gasteiger partial charge in [-0.3, -0.25) is 10.1 Å². The van der Waals surface area contributed by atoms with Gasteiger partial charge in [0.1, 0.15) is 5.75 Å². The van der Waals surface area contributed by atoms with Crippen molar-refractivity contribution >= 4 is 17.5 Å². The lowest BCUT2D eigenvalue weighted by molar-refractivity contribution is 0.102. The Morgan fingerprint density at radius 1 is 1.50 bits per heavy atom. The number of anilines is 2. The Hall–Kier alpha value is -2.50. The average Bonchev–Trinajstić information content (AvgIpc) is 2.81. The van der Waals surface area contributed by atoms with Crippen LogP contribution in [0.2, 0.25) is 0 Å². The van der Waals surface area contributed by atoms with E-state index in [-0.39, 0.29) is 5.91 Å². The molecule has 1 heterocycles. The van der Waals surface area contributed by atoms with Crippen molar-refractivity contribution in [3.8, 4) is 5.75 Å². The number of hydrogen-bond acceptors (Lipinski definition) is 4. The minimum Gasteiger partial charge on any atom is -0.494 e. The van der Waals surface area contributed by atoms with Crippen molar-refractivity contribution < 1.29 is 9.53 Å². The number of aromatic amines is 1. The van der Waals surface area contributed by atoms with Gasteiger partial charge in [0.25, 0.3) is 5.91 Å². The quantitative estimate of drug-likeness (QED) is 0.715. The number of nitrogens with two attached hydrogens (primary N) is 1. The highest BCUT2D eigenvalue weighted by Crippen LogP contribution is 2.19. The van der Waals surface area contributed by atoms with Crippen LogP contribution in [0.4, 0.5) is 11.6 Å². The molecule has 0 saturated heterocycles. The Morgan fingerprint density at radius 2 is 2.33 bits per heavy atom. The summed E-state index contributed by atoms with van der Waals surface area (Å²) in [5.41, 5.74) is 6.62. The first-order chi connectivity index (χ1) is 8.69. The van der Waals surface area contributed by atoms with Gasteiger partial charge in [0.05, 0.1) is 6.61 Å². The number of nitrogen functional groups attached to an aromatic ring is 1. The number of carbonyl (C=O) groups excluding carboxylic acids is 1. The smallest absolute Gasteiger partial charge is 0.258 e. The Labute approximate surface area is 104 Å². The monoisotopic (exact) mass is 246 g/mol. The first kappa shape index (κ1) is 12.0. The standard InChI is InChI=1S/C12H14N4O2/c1-2-18-10-6-8(5-9(13)7-10)11(17)16-12-14-3-4-15-12/h3-7H,2,13H2,1H3,(H2,14,15,16,17). The van der Waals surface area contributed by atoms with Gasteiger partial charge in [-0.2, -0.15) is 0 Å². The van der Waals surface area contributed by atoms with Gasteiger partial charge in [-0.05, 0) is 19.1 Å². The Bertz CT molecular complexity index is 537. The molecule has 1 aromatic carbocycles. The van der Waals surface area contributed by atoms with Gasteiger partial charge < -0.3 is 15.5 Å². The van der Waals surface area contributed by atoms with Crippen LogP contribution < -0.4 is 15.8 Å².